The molecule has 0 bridgehead atoms. The first-order valence-corrected chi connectivity index (χ1v) is 12.3. The highest BCUT2D eigenvalue weighted by Gasteiger charge is 2.21. The Morgan fingerprint density at radius 1 is 1.09 bits per heavy atom. The highest BCUT2D eigenvalue weighted by molar-refractivity contribution is 7.99. The summed E-state index contributed by atoms with van der Waals surface area (Å²) in [5.74, 6) is 1.85. The van der Waals surface area contributed by atoms with Crippen molar-refractivity contribution in [3.63, 3.8) is 0 Å². The van der Waals surface area contributed by atoms with Gasteiger partial charge < -0.3 is 18.5 Å². The van der Waals surface area contributed by atoms with E-state index in [2.05, 4.69) is 57.6 Å². The Hall–Kier alpha value is -3.07. The van der Waals surface area contributed by atoms with Crippen LogP contribution < -0.4 is 4.74 Å². The Bertz CT molecular complexity index is 1220. The summed E-state index contributed by atoms with van der Waals surface area (Å²) in [4.78, 5) is 2.35. The molecule has 0 unspecified atom stereocenters. The predicted octanol–water partition coefficient (Wildman–Crippen LogP) is 5.08. The van der Waals surface area contributed by atoms with Crippen LogP contribution in [-0.2, 0) is 24.9 Å². The highest BCUT2D eigenvalue weighted by atomic mass is 32.2. The molecule has 34 heavy (non-hydrogen) atoms. The molecule has 5 rings (SSSR count). The Morgan fingerprint density at radius 2 is 1.97 bits per heavy atom. The van der Waals surface area contributed by atoms with E-state index in [-0.39, 0.29) is 6.10 Å². The van der Waals surface area contributed by atoms with Gasteiger partial charge in [-0.25, -0.2) is 0 Å². The van der Waals surface area contributed by atoms with Gasteiger partial charge >= 0.3 is 0 Å². The minimum absolute atomic E-state index is 0.0986. The zero-order valence-corrected chi connectivity index (χ0v) is 20.2. The summed E-state index contributed by atoms with van der Waals surface area (Å²) >= 11 is 1.47. The SMILES string of the molecule is CCO[C@H](c1ccccc1)c1ccc2c(c1)CN(Cc1ccc(Sc3nncn3C)o1)CCO2. The minimum atomic E-state index is -0.0986. The quantitative estimate of drug-likeness (QED) is 0.351. The lowest BCUT2D eigenvalue weighted by molar-refractivity contribution is 0.0912. The van der Waals surface area contributed by atoms with Crippen molar-refractivity contribution < 1.29 is 13.9 Å². The van der Waals surface area contributed by atoms with Gasteiger partial charge in [-0.05, 0) is 54.1 Å². The van der Waals surface area contributed by atoms with Gasteiger partial charge in [-0.15, -0.1) is 10.2 Å². The topological polar surface area (TPSA) is 65.5 Å². The van der Waals surface area contributed by atoms with E-state index in [1.807, 2.05) is 36.7 Å². The lowest BCUT2D eigenvalue weighted by atomic mass is 9.99. The van der Waals surface area contributed by atoms with E-state index in [1.54, 1.807) is 6.33 Å². The van der Waals surface area contributed by atoms with Crippen molar-refractivity contribution in [2.75, 3.05) is 19.8 Å². The Balaban J connectivity index is 1.32. The molecule has 176 valence electrons. The molecule has 3 heterocycles. The summed E-state index contributed by atoms with van der Waals surface area (Å²) in [5, 5.41) is 9.64. The van der Waals surface area contributed by atoms with Gasteiger partial charge in [0.15, 0.2) is 10.2 Å². The second-order valence-electron chi connectivity index (χ2n) is 8.22. The van der Waals surface area contributed by atoms with Crippen LogP contribution in [0.25, 0.3) is 0 Å². The molecular weight excluding hydrogens is 448 g/mol. The first kappa shape index (κ1) is 22.7. The maximum Gasteiger partial charge on any atom is 0.198 e. The Labute approximate surface area is 203 Å². The van der Waals surface area contributed by atoms with Gasteiger partial charge in [0.1, 0.15) is 30.5 Å². The zero-order valence-electron chi connectivity index (χ0n) is 19.4. The monoisotopic (exact) mass is 476 g/mol. The number of aromatic nitrogens is 3. The molecule has 2 aromatic carbocycles. The predicted molar refractivity (Wildman–Crippen MR) is 130 cm³/mol. The molecule has 0 spiro atoms. The van der Waals surface area contributed by atoms with Crippen LogP contribution in [0.15, 0.2) is 81.7 Å². The third kappa shape index (κ3) is 5.19. The maximum atomic E-state index is 6.13. The molecule has 8 heteroatoms. The molecule has 1 aliphatic rings. The summed E-state index contributed by atoms with van der Waals surface area (Å²) in [6, 6.07) is 20.8. The molecule has 4 aromatic rings. The van der Waals surface area contributed by atoms with Crippen LogP contribution in [0.3, 0.4) is 0 Å². The number of fused-ring (bicyclic) bond motifs is 1. The molecule has 0 saturated heterocycles. The number of ether oxygens (including phenoxy) is 2. The fraction of sp³-hybridized carbons (Fsp3) is 0.308. The number of nitrogens with zero attached hydrogens (tertiary/aromatic N) is 4. The maximum absolute atomic E-state index is 6.13. The molecular formula is C26H28N4O3S. The summed E-state index contributed by atoms with van der Waals surface area (Å²) in [6.07, 6.45) is 1.58. The van der Waals surface area contributed by atoms with E-state index in [0.29, 0.717) is 19.8 Å². The van der Waals surface area contributed by atoms with E-state index in [4.69, 9.17) is 13.9 Å². The average Bonchev–Trinajstić information content (AvgIpc) is 3.41. The van der Waals surface area contributed by atoms with E-state index in [1.165, 1.54) is 11.8 Å². The van der Waals surface area contributed by atoms with Crippen LogP contribution in [0.5, 0.6) is 5.75 Å². The van der Waals surface area contributed by atoms with Crippen LogP contribution in [0.1, 0.15) is 35.5 Å². The first-order chi connectivity index (χ1) is 16.7. The number of rotatable bonds is 8. The van der Waals surface area contributed by atoms with Crippen LogP contribution in [0, 0.1) is 0 Å². The number of hydrogen-bond acceptors (Lipinski definition) is 7. The summed E-state index contributed by atoms with van der Waals surface area (Å²) < 4.78 is 20.1. The molecule has 1 atom stereocenters. The third-order valence-corrected chi connectivity index (χ3v) is 6.73. The normalized spacial score (nSPS) is 14.9. The Kier molecular flexibility index (Phi) is 6.99. The lowest BCUT2D eigenvalue weighted by Crippen LogP contribution is -2.25. The Morgan fingerprint density at radius 3 is 2.76 bits per heavy atom. The smallest absolute Gasteiger partial charge is 0.198 e. The first-order valence-electron chi connectivity index (χ1n) is 11.4. The number of aryl methyl sites for hydroxylation is 1. The van der Waals surface area contributed by atoms with Crippen molar-refractivity contribution in [2.24, 2.45) is 7.05 Å². The van der Waals surface area contributed by atoms with E-state index >= 15 is 0 Å². The van der Waals surface area contributed by atoms with Gasteiger partial charge in [0, 0.05) is 32.3 Å². The molecule has 0 N–H and O–H groups in total. The lowest BCUT2D eigenvalue weighted by Gasteiger charge is -2.21. The zero-order chi connectivity index (χ0) is 23.3. The van der Waals surface area contributed by atoms with Gasteiger partial charge in [0.05, 0.1) is 6.54 Å². The van der Waals surface area contributed by atoms with Gasteiger partial charge in [-0.1, -0.05) is 36.4 Å². The van der Waals surface area contributed by atoms with Gasteiger partial charge in [-0.2, -0.15) is 0 Å². The van der Waals surface area contributed by atoms with Crippen molar-refractivity contribution in [1.82, 2.24) is 19.7 Å². The number of furan rings is 1. The minimum Gasteiger partial charge on any atom is -0.492 e. The summed E-state index contributed by atoms with van der Waals surface area (Å²) in [6.45, 7) is 5.63. The molecule has 7 nitrogen and oxygen atoms in total. The van der Waals surface area contributed by atoms with Crippen molar-refractivity contribution in [3.05, 3.63) is 89.4 Å². The second-order valence-corrected chi connectivity index (χ2v) is 9.19. The van der Waals surface area contributed by atoms with Crippen molar-refractivity contribution >= 4 is 11.8 Å². The molecule has 0 fully saturated rings. The fourth-order valence-corrected chi connectivity index (χ4v) is 4.86. The second kappa shape index (κ2) is 10.5. The number of benzene rings is 2. The van der Waals surface area contributed by atoms with Crippen LogP contribution in [0.2, 0.25) is 0 Å². The van der Waals surface area contributed by atoms with Crippen molar-refractivity contribution in [2.45, 2.75) is 36.4 Å². The molecule has 0 radical (unpaired) electrons. The molecule has 1 aliphatic heterocycles. The van der Waals surface area contributed by atoms with E-state index in [9.17, 15) is 0 Å². The third-order valence-electron chi connectivity index (χ3n) is 5.76. The average molecular weight is 477 g/mol. The van der Waals surface area contributed by atoms with Crippen LogP contribution in [-0.4, -0.2) is 39.4 Å². The van der Waals surface area contributed by atoms with Gasteiger partial charge in [-0.3, -0.25) is 4.90 Å². The molecule has 0 amide bonds. The van der Waals surface area contributed by atoms with Gasteiger partial charge in [0.2, 0.25) is 0 Å². The summed E-state index contributed by atoms with van der Waals surface area (Å²) in [7, 11) is 1.92. The molecule has 0 aliphatic carbocycles. The fourth-order valence-electron chi connectivity index (χ4n) is 4.12. The number of hydrogen-bond donors (Lipinski definition) is 0. The van der Waals surface area contributed by atoms with E-state index in [0.717, 1.165) is 51.5 Å². The van der Waals surface area contributed by atoms with Crippen LogP contribution >= 0.6 is 11.8 Å². The molecule has 2 aromatic heterocycles. The van der Waals surface area contributed by atoms with Crippen LogP contribution in [0.4, 0.5) is 0 Å². The molecule has 0 saturated carbocycles. The van der Waals surface area contributed by atoms with Gasteiger partial charge in [0.25, 0.3) is 0 Å². The van der Waals surface area contributed by atoms with Crippen molar-refractivity contribution in [3.8, 4) is 5.75 Å². The highest BCUT2D eigenvalue weighted by Crippen LogP contribution is 2.33. The largest absolute Gasteiger partial charge is 0.492 e. The van der Waals surface area contributed by atoms with Crippen molar-refractivity contribution in [1.29, 1.82) is 0 Å². The van der Waals surface area contributed by atoms with E-state index < -0.39 is 0 Å². The standard InChI is InChI=1S/C26H28N4O3S/c1-3-31-25(19-7-5-4-6-8-19)20-9-11-23-21(15-20)16-30(13-14-32-23)17-22-10-12-24(33-22)34-26-28-27-18-29(26)2/h4-12,15,18,25H,3,13-14,16-17H2,1-2H3/t25-/m1/s1. The summed E-state index contributed by atoms with van der Waals surface area (Å²) in [5.41, 5.74) is 3.45.